The average Bonchev–Trinajstić information content (AvgIpc) is 3.23. The zero-order chi connectivity index (χ0) is 28.2. The lowest BCUT2D eigenvalue weighted by atomic mass is 9.95. The van der Waals surface area contributed by atoms with Gasteiger partial charge in [0.15, 0.2) is 0 Å². The molecule has 1 fully saturated rings. The summed E-state index contributed by atoms with van der Waals surface area (Å²) in [6, 6.07) is 24.0. The average molecular weight is 534 g/mol. The number of aliphatic hydroxyl groups is 1. The number of aliphatic hydroxyl groups excluding tert-OH is 1. The molecule has 40 heavy (non-hydrogen) atoms. The molecule has 1 aliphatic heterocycles. The van der Waals surface area contributed by atoms with Crippen molar-refractivity contribution in [3.05, 3.63) is 125 Å². The molecule has 4 aromatic rings. The molecule has 200 valence electrons. The van der Waals surface area contributed by atoms with Gasteiger partial charge in [0.25, 0.3) is 11.7 Å². The van der Waals surface area contributed by atoms with E-state index in [1.165, 1.54) is 11.8 Å². The molecule has 8 heteroatoms. The van der Waals surface area contributed by atoms with Gasteiger partial charge in [-0.15, -0.1) is 0 Å². The predicted octanol–water partition coefficient (Wildman–Crippen LogP) is 5.55. The third-order valence-corrected chi connectivity index (χ3v) is 6.60. The number of nitrogens with one attached hydrogen (secondary N) is 1. The second-order valence-corrected chi connectivity index (χ2v) is 9.44. The number of hydrogen-bond acceptors (Lipinski definition) is 6. The topological polar surface area (TPSA) is 109 Å². The molecule has 1 aromatic heterocycles. The van der Waals surface area contributed by atoms with Gasteiger partial charge in [0, 0.05) is 36.3 Å². The van der Waals surface area contributed by atoms with Crippen LogP contribution in [0.3, 0.4) is 0 Å². The number of hydrogen-bond donors (Lipinski definition) is 2. The Labute approximate surface area is 231 Å². The Bertz CT molecular complexity index is 1600. The van der Waals surface area contributed by atoms with E-state index in [0.29, 0.717) is 34.9 Å². The zero-order valence-electron chi connectivity index (χ0n) is 22.0. The highest BCUT2D eigenvalue weighted by molar-refractivity contribution is 6.51. The highest BCUT2D eigenvalue weighted by Gasteiger charge is 2.47. The number of aryl methyl sites for hydroxylation is 1. The monoisotopic (exact) mass is 533 g/mol. The first-order valence-corrected chi connectivity index (χ1v) is 12.7. The van der Waals surface area contributed by atoms with Crippen LogP contribution in [0.15, 0.2) is 103 Å². The fourth-order valence-corrected chi connectivity index (χ4v) is 4.71. The van der Waals surface area contributed by atoms with Crippen molar-refractivity contribution in [2.24, 2.45) is 0 Å². The van der Waals surface area contributed by atoms with E-state index >= 15 is 0 Å². The number of carbonyl (C=O) groups is 3. The molecule has 1 saturated heterocycles. The molecule has 0 spiro atoms. The summed E-state index contributed by atoms with van der Waals surface area (Å²) in [5.74, 6) is -1.46. The maximum absolute atomic E-state index is 13.4. The van der Waals surface area contributed by atoms with Crippen LogP contribution in [0.25, 0.3) is 5.76 Å². The number of anilines is 2. The van der Waals surface area contributed by atoms with Crippen LogP contribution in [0.4, 0.5) is 11.4 Å². The van der Waals surface area contributed by atoms with Crippen LogP contribution >= 0.6 is 0 Å². The number of Topliss-reactive ketones (excluding diaryl/α,β-unsaturated/α-hetero) is 1. The Morgan fingerprint density at radius 3 is 2.40 bits per heavy atom. The summed E-state index contributed by atoms with van der Waals surface area (Å²) < 4.78 is 5.96. The molecule has 8 nitrogen and oxygen atoms in total. The molecule has 0 radical (unpaired) electrons. The summed E-state index contributed by atoms with van der Waals surface area (Å²) in [5, 5.41) is 14.1. The van der Waals surface area contributed by atoms with E-state index in [1.807, 2.05) is 37.3 Å². The number of carbonyl (C=O) groups excluding carboxylic acids is 3. The van der Waals surface area contributed by atoms with Gasteiger partial charge in [-0.3, -0.25) is 24.3 Å². The van der Waals surface area contributed by atoms with Gasteiger partial charge in [-0.25, -0.2) is 0 Å². The van der Waals surface area contributed by atoms with E-state index < -0.39 is 17.7 Å². The van der Waals surface area contributed by atoms with Gasteiger partial charge in [-0.2, -0.15) is 0 Å². The van der Waals surface area contributed by atoms with Crippen LogP contribution in [-0.2, 0) is 21.0 Å². The van der Waals surface area contributed by atoms with Gasteiger partial charge in [0.05, 0.1) is 11.6 Å². The van der Waals surface area contributed by atoms with Crippen molar-refractivity contribution in [1.29, 1.82) is 0 Å². The van der Waals surface area contributed by atoms with Crippen molar-refractivity contribution in [2.45, 2.75) is 26.5 Å². The standard InChI is InChI=1S/C32H27N3O5/c1-20-17-23(10-15-27(20)40-19-22-7-4-3-5-8-22)30(37)28-29(24-9-6-16-33-18-24)35(32(39)31(28)38)26-13-11-25(12-14-26)34-21(2)36/h3-18,29,37H,19H2,1-2H3,(H,34,36)/b30-28-. The molecule has 0 bridgehead atoms. The number of rotatable bonds is 7. The Balaban J connectivity index is 1.52. The Hall–Kier alpha value is -5.24. The largest absolute Gasteiger partial charge is 0.507 e. The zero-order valence-corrected chi connectivity index (χ0v) is 22.0. The lowest BCUT2D eigenvalue weighted by Crippen LogP contribution is -2.29. The Morgan fingerprint density at radius 2 is 1.75 bits per heavy atom. The highest BCUT2D eigenvalue weighted by atomic mass is 16.5. The number of nitrogens with zero attached hydrogens (tertiary/aromatic N) is 2. The number of benzene rings is 3. The summed E-state index contributed by atoms with van der Waals surface area (Å²) in [7, 11) is 0. The minimum absolute atomic E-state index is 0.0405. The van der Waals surface area contributed by atoms with Crippen molar-refractivity contribution < 1.29 is 24.2 Å². The van der Waals surface area contributed by atoms with Gasteiger partial charge in [-0.1, -0.05) is 36.4 Å². The quantitative estimate of drug-likeness (QED) is 0.183. The van der Waals surface area contributed by atoms with Crippen LogP contribution in [0.1, 0.15) is 35.2 Å². The summed E-state index contributed by atoms with van der Waals surface area (Å²) in [4.78, 5) is 43.7. The van der Waals surface area contributed by atoms with Crippen LogP contribution < -0.4 is 15.0 Å². The van der Waals surface area contributed by atoms with Gasteiger partial charge < -0.3 is 15.2 Å². The lowest BCUT2D eigenvalue weighted by Gasteiger charge is -2.25. The molecular weight excluding hydrogens is 506 g/mol. The maximum Gasteiger partial charge on any atom is 0.300 e. The first kappa shape index (κ1) is 26.4. The Kier molecular flexibility index (Phi) is 7.41. The van der Waals surface area contributed by atoms with Crippen LogP contribution in [0, 0.1) is 6.92 Å². The number of aromatic nitrogens is 1. The van der Waals surface area contributed by atoms with Crippen LogP contribution in [0.5, 0.6) is 5.75 Å². The molecule has 1 unspecified atom stereocenters. The second-order valence-electron chi connectivity index (χ2n) is 9.44. The molecule has 1 aliphatic rings. The van der Waals surface area contributed by atoms with Crippen molar-refractivity contribution in [2.75, 3.05) is 10.2 Å². The van der Waals surface area contributed by atoms with Crippen LogP contribution in [-0.4, -0.2) is 27.7 Å². The van der Waals surface area contributed by atoms with E-state index in [2.05, 4.69) is 10.3 Å². The summed E-state index contributed by atoms with van der Waals surface area (Å²) >= 11 is 0. The smallest absolute Gasteiger partial charge is 0.300 e. The van der Waals surface area contributed by atoms with Crippen molar-refractivity contribution in [3.63, 3.8) is 0 Å². The summed E-state index contributed by atoms with van der Waals surface area (Å²) in [6.07, 6.45) is 3.16. The highest BCUT2D eigenvalue weighted by Crippen LogP contribution is 2.42. The fraction of sp³-hybridized carbons (Fsp3) is 0.125. The number of ether oxygens (including phenoxy) is 1. The fourth-order valence-electron chi connectivity index (χ4n) is 4.71. The van der Waals surface area contributed by atoms with E-state index in [9.17, 15) is 19.5 Å². The van der Waals surface area contributed by atoms with Crippen LogP contribution in [0.2, 0.25) is 0 Å². The third-order valence-electron chi connectivity index (χ3n) is 6.60. The predicted molar refractivity (Wildman–Crippen MR) is 152 cm³/mol. The van der Waals surface area contributed by atoms with E-state index in [1.54, 1.807) is 67.0 Å². The first-order valence-electron chi connectivity index (χ1n) is 12.7. The number of pyridine rings is 1. The number of amides is 2. The summed E-state index contributed by atoms with van der Waals surface area (Å²) in [5.41, 5.74) is 3.68. The maximum atomic E-state index is 13.4. The Morgan fingerprint density at radius 1 is 1.00 bits per heavy atom. The molecule has 0 saturated carbocycles. The van der Waals surface area contributed by atoms with E-state index in [-0.39, 0.29) is 17.2 Å². The normalized spacial score (nSPS) is 16.1. The van der Waals surface area contributed by atoms with E-state index in [4.69, 9.17) is 4.74 Å². The van der Waals surface area contributed by atoms with Gasteiger partial charge >= 0.3 is 0 Å². The first-order chi connectivity index (χ1) is 19.3. The van der Waals surface area contributed by atoms with Crippen molar-refractivity contribution in [3.8, 4) is 5.75 Å². The molecule has 0 aliphatic carbocycles. The minimum Gasteiger partial charge on any atom is -0.507 e. The van der Waals surface area contributed by atoms with Crippen molar-refractivity contribution in [1.82, 2.24) is 4.98 Å². The molecular formula is C32H27N3O5. The molecule has 3 aromatic carbocycles. The SMILES string of the molecule is CC(=O)Nc1ccc(N2C(=O)C(=O)/C(=C(\O)c3ccc(OCc4ccccc4)c(C)c3)C2c2cccnc2)cc1. The third kappa shape index (κ3) is 5.33. The van der Waals surface area contributed by atoms with Gasteiger partial charge in [0.2, 0.25) is 5.91 Å². The lowest BCUT2D eigenvalue weighted by molar-refractivity contribution is -0.132. The van der Waals surface area contributed by atoms with Crippen molar-refractivity contribution >= 4 is 34.7 Å². The molecule has 2 heterocycles. The summed E-state index contributed by atoms with van der Waals surface area (Å²) in [6.45, 7) is 3.64. The molecule has 5 rings (SSSR count). The molecule has 1 atom stereocenters. The second kappa shape index (κ2) is 11.2. The molecule has 2 amide bonds. The van der Waals surface area contributed by atoms with E-state index in [0.717, 1.165) is 11.1 Å². The van der Waals surface area contributed by atoms with Gasteiger partial charge in [-0.05, 0) is 72.1 Å². The number of ketones is 1. The minimum atomic E-state index is -0.908. The van der Waals surface area contributed by atoms with Gasteiger partial charge in [0.1, 0.15) is 18.1 Å². The molecule has 2 N–H and O–H groups in total.